The fraction of sp³-hybridized carbons (Fsp3) is 0.500. The molecule has 6 heteroatoms. The Morgan fingerprint density at radius 2 is 2.40 bits per heavy atom. The average Bonchev–Trinajstić information content (AvgIpc) is 3.04. The number of fused-ring (bicyclic) bond motifs is 1. The zero-order valence-corrected chi connectivity index (χ0v) is 12.0. The number of nitrogens with zero attached hydrogens (tertiary/aromatic N) is 2. The van der Waals surface area contributed by atoms with E-state index in [1.165, 1.54) is 13.2 Å². The maximum Gasteiger partial charge on any atom is 0.167 e. The summed E-state index contributed by atoms with van der Waals surface area (Å²) >= 11 is 5.85. The summed E-state index contributed by atoms with van der Waals surface area (Å²) in [5, 5.41) is 0. The third kappa shape index (κ3) is 2.25. The Morgan fingerprint density at radius 3 is 3.05 bits per heavy atom. The summed E-state index contributed by atoms with van der Waals surface area (Å²) in [6, 6.07) is 3.35. The molecular weight excluding hydrogens is 283 g/mol. The quantitative estimate of drug-likeness (QED) is 0.814. The molecule has 0 N–H and O–H groups in total. The van der Waals surface area contributed by atoms with Crippen molar-refractivity contribution < 1.29 is 13.9 Å². The molecule has 1 aliphatic heterocycles. The van der Waals surface area contributed by atoms with E-state index in [0.717, 1.165) is 24.4 Å². The van der Waals surface area contributed by atoms with E-state index in [4.69, 9.17) is 21.1 Å². The van der Waals surface area contributed by atoms with Crippen molar-refractivity contribution in [3.05, 3.63) is 23.8 Å². The second kappa shape index (κ2) is 5.58. The molecule has 1 aromatic carbocycles. The van der Waals surface area contributed by atoms with Gasteiger partial charge < -0.3 is 14.0 Å². The van der Waals surface area contributed by atoms with Crippen LogP contribution in [0.5, 0.6) is 5.75 Å². The number of aromatic nitrogens is 2. The molecule has 0 spiro atoms. The summed E-state index contributed by atoms with van der Waals surface area (Å²) in [5.74, 6) is 1.19. The number of rotatable bonds is 4. The van der Waals surface area contributed by atoms with Crippen LogP contribution < -0.4 is 4.74 Å². The van der Waals surface area contributed by atoms with Crippen LogP contribution in [0.2, 0.25) is 0 Å². The van der Waals surface area contributed by atoms with Gasteiger partial charge in [0.1, 0.15) is 5.82 Å². The Bertz CT molecular complexity index is 623. The summed E-state index contributed by atoms with van der Waals surface area (Å²) < 4.78 is 26.4. The highest BCUT2D eigenvalue weighted by Crippen LogP contribution is 2.31. The first-order chi connectivity index (χ1) is 9.74. The predicted octanol–water partition coefficient (Wildman–Crippen LogP) is 2.93. The van der Waals surface area contributed by atoms with Gasteiger partial charge in [-0.1, -0.05) is 0 Å². The molecular formula is C14H16ClFN2O2. The van der Waals surface area contributed by atoms with Gasteiger partial charge >= 0.3 is 0 Å². The van der Waals surface area contributed by atoms with Gasteiger partial charge in [0, 0.05) is 31.0 Å². The molecule has 1 unspecified atom stereocenters. The van der Waals surface area contributed by atoms with E-state index in [1.54, 1.807) is 6.07 Å². The number of hydrogen-bond donors (Lipinski definition) is 0. The van der Waals surface area contributed by atoms with Gasteiger partial charge in [0.2, 0.25) is 0 Å². The number of hydrogen-bond acceptors (Lipinski definition) is 3. The molecule has 1 saturated heterocycles. The van der Waals surface area contributed by atoms with Crippen LogP contribution in [0.4, 0.5) is 4.39 Å². The molecule has 3 rings (SSSR count). The van der Waals surface area contributed by atoms with Crippen molar-refractivity contribution in [1.29, 1.82) is 0 Å². The van der Waals surface area contributed by atoms with Gasteiger partial charge in [0.25, 0.3) is 0 Å². The van der Waals surface area contributed by atoms with Crippen LogP contribution >= 0.6 is 11.6 Å². The molecule has 0 aliphatic carbocycles. The Hall–Kier alpha value is -1.33. The Labute approximate surface area is 121 Å². The molecule has 108 valence electrons. The largest absolute Gasteiger partial charge is 0.494 e. The highest BCUT2D eigenvalue weighted by Gasteiger charge is 2.24. The average molecular weight is 299 g/mol. The number of halogens is 2. The molecule has 1 aliphatic rings. The fourth-order valence-corrected chi connectivity index (χ4v) is 2.87. The van der Waals surface area contributed by atoms with Crippen molar-refractivity contribution in [1.82, 2.24) is 9.55 Å². The molecule has 20 heavy (non-hydrogen) atoms. The minimum absolute atomic E-state index is 0.230. The first kappa shape index (κ1) is 13.6. The Kier molecular flexibility index (Phi) is 3.81. The van der Waals surface area contributed by atoms with Crippen LogP contribution in [0.25, 0.3) is 11.0 Å². The van der Waals surface area contributed by atoms with Gasteiger partial charge in [-0.3, -0.25) is 0 Å². The molecule has 4 nitrogen and oxygen atoms in total. The highest BCUT2D eigenvalue weighted by molar-refractivity contribution is 6.17. The lowest BCUT2D eigenvalue weighted by Gasteiger charge is -2.15. The number of aryl methyl sites for hydroxylation is 1. The van der Waals surface area contributed by atoms with Crippen LogP contribution in [-0.4, -0.2) is 35.8 Å². The van der Waals surface area contributed by atoms with E-state index < -0.39 is 5.82 Å². The van der Waals surface area contributed by atoms with E-state index in [-0.39, 0.29) is 11.8 Å². The van der Waals surface area contributed by atoms with Crippen molar-refractivity contribution in [2.45, 2.75) is 18.9 Å². The smallest absolute Gasteiger partial charge is 0.167 e. The second-order valence-electron chi connectivity index (χ2n) is 4.83. The zero-order chi connectivity index (χ0) is 14.1. The Morgan fingerprint density at radius 1 is 1.55 bits per heavy atom. The van der Waals surface area contributed by atoms with Crippen molar-refractivity contribution in [2.24, 2.45) is 0 Å². The van der Waals surface area contributed by atoms with Crippen molar-refractivity contribution in [2.75, 3.05) is 26.2 Å². The van der Waals surface area contributed by atoms with Gasteiger partial charge in [-0.05, 0) is 6.42 Å². The molecule has 1 aromatic heterocycles. The number of alkyl halides is 1. The Balaban J connectivity index is 2.18. The second-order valence-corrected chi connectivity index (χ2v) is 5.21. The predicted molar refractivity (Wildman–Crippen MR) is 75.1 cm³/mol. The summed E-state index contributed by atoms with van der Waals surface area (Å²) in [5.41, 5.74) is 1.51. The molecule has 0 saturated carbocycles. The lowest BCUT2D eigenvalue weighted by Crippen LogP contribution is -2.12. The zero-order valence-electron chi connectivity index (χ0n) is 11.2. The summed E-state index contributed by atoms with van der Waals surface area (Å²) in [4.78, 5) is 4.51. The van der Waals surface area contributed by atoms with Gasteiger partial charge in [0.05, 0.1) is 30.8 Å². The van der Waals surface area contributed by atoms with Crippen molar-refractivity contribution in [3.8, 4) is 5.75 Å². The first-order valence-corrected chi connectivity index (χ1v) is 7.16. The molecule has 1 atom stereocenters. The maximum atomic E-state index is 13.8. The molecule has 0 amide bonds. The lowest BCUT2D eigenvalue weighted by molar-refractivity contribution is 0.186. The third-order valence-electron chi connectivity index (χ3n) is 3.63. The summed E-state index contributed by atoms with van der Waals surface area (Å²) in [6.45, 7) is 1.39. The number of imidazole rings is 1. The van der Waals surface area contributed by atoms with Crippen LogP contribution in [-0.2, 0) is 11.2 Å². The number of ether oxygens (including phenoxy) is 2. The van der Waals surface area contributed by atoms with Gasteiger partial charge in [-0.25, -0.2) is 9.37 Å². The van der Waals surface area contributed by atoms with E-state index >= 15 is 0 Å². The first-order valence-electron chi connectivity index (χ1n) is 6.62. The SMILES string of the molecule is COc1cc2c(cc1F)nc(CCCl)n2C1CCOC1. The number of methoxy groups -OCH3 is 1. The molecule has 0 bridgehead atoms. The lowest BCUT2D eigenvalue weighted by atomic mass is 10.2. The molecule has 0 radical (unpaired) electrons. The van der Waals surface area contributed by atoms with Crippen LogP contribution in [0, 0.1) is 5.82 Å². The molecule has 2 heterocycles. The van der Waals surface area contributed by atoms with Gasteiger partial charge in [-0.2, -0.15) is 0 Å². The van der Waals surface area contributed by atoms with E-state index in [1.807, 2.05) is 0 Å². The highest BCUT2D eigenvalue weighted by atomic mass is 35.5. The van der Waals surface area contributed by atoms with Crippen LogP contribution in [0.1, 0.15) is 18.3 Å². The van der Waals surface area contributed by atoms with E-state index in [2.05, 4.69) is 9.55 Å². The molecule has 1 fully saturated rings. The van der Waals surface area contributed by atoms with Gasteiger partial charge in [0.15, 0.2) is 11.6 Å². The monoisotopic (exact) mass is 298 g/mol. The minimum Gasteiger partial charge on any atom is -0.494 e. The summed E-state index contributed by atoms with van der Waals surface area (Å²) in [7, 11) is 1.46. The third-order valence-corrected chi connectivity index (χ3v) is 3.81. The van der Waals surface area contributed by atoms with Crippen LogP contribution in [0.15, 0.2) is 12.1 Å². The molecule has 2 aromatic rings. The normalized spacial score (nSPS) is 18.9. The van der Waals surface area contributed by atoms with Crippen molar-refractivity contribution in [3.63, 3.8) is 0 Å². The van der Waals surface area contributed by atoms with Crippen LogP contribution in [0.3, 0.4) is 0 Å². The standard InChI is InChI=1S/C14H16ClFN2O2/c1-19-13-7-12-11(6-10(13)16)17-14(2-4-15)18(12)9-3-5-20-8-9/h6-7,9H,2-5,8H2,1H3. The summed E-state index contributed by atoms with van der Waals surface area (Å²) in [6.07, 6.45) is 1.58. The topological polar surface area (TPSA) is 36.3 Å². The fourth-order valence-electron chi connectivity index (χ4n) is 2.70. The van der Waals surface area contributed by atoms with E-state index in [0.29, 0.717) is 24.4 Å². The van der Waals surface area contributed by atoms with Crippen molar-refractivity contribution >= 4 is 22.6 Å². The minimum atomic E-state index is -0.398. The maximum absolute atomic E-state index is 13.8. The van der Waals surface area contributed by atoms with E-state index in [9.17, 15) is 4.39 Å². The number of benzene rings is 1. The van der Waals surface area contributed by atoms with Gasteiger partial charge in [-0.15, -0.1) is 11.6 Å².